The van der Waals surface area contributed by atoms with Crippen LogP contribution in [-0.4, -0.2) is 55.5 Å². The Balaban J connectivity index is 1.40. The fourth-order valence-electron chi connectivity index (χ4n) is 6.12. The van der Waals surface area contributed by atoms with E-state index in [0.29, 0.717) is 40.5 Å². The molecule has 2 aliphatic rings. The lowest BCUT2D eigenvalue weighted by Crippen LogP contribution is -2.44. The predicted octanol–water partition coefficient (Wildman–Crippen LogP) is 3.90. The van der Waals surface area contributed by atoms with Crippen molar-refractivity contribution in [1.82, 2.24) is 9.78 Å². The standard InChI is InChI=1S/C32H39N3O6/c1-4-35-30(23(17-33-35)10-8-20(2)3)29(39)18-34-28-11-9-22(19-36)14-27(28)32(40)16-26(41-31(32)34)15-25(38)13-21-6-5-7-24(37)12-21/h5-7,9,11-12,14,17,20,26,31,36-37,40H,4,8,10,13,15-16,18-19H2,1-3H3/t26-,31?,32-/m1/s1. The van der Waals surface area contributed by atoms with Gasteiger partial charge in [0, 0.05) is 42.6 Å². The van der Waals surface area contributed by atoms with Crippen molar-refractivity contribution < 1.29 is 29.6 Å². The highest BCUT2D eigenvalue weighted by molar-refractivity contribution is 5.99. The van der Waals surface area contributed by atoms with E-state index in [0.717, 1.165) is 18.4 Å². The molecule has 41 heavy (non-hydrogen) atoms. The molecule has 3 atom stereocenters. The lowest BCUT2D eigenvalue weighted by molar-refractivity contribution is -0.121. The maximum absolute atomic E-state index is 13.9. The van der Waals surface area contributed by atoms with Crippen LogP contribution in [0, 0.1) is 5.92 Å². The third kappa shape index (κ3) is 5.80. The number of Topliss-reactive ketones (excluding diaryl/α,β-unsaturated/α-hetero) is 2. The van der Waals surface area contributed by atoms with Gasteiger partial charge in [0.25, 0.3) is 0 Å². The third-order valence-electron chi connectivity index (χ3n) is 8.12. The molecule has 3 N–H and O–H groups in total. The minimum atomic E-state index is -1.44. The summed E-state index contributed by atoms with van der Waals surface area (Å²) in [5.74, 6) is 0.405. The normalized spacial score (nSPS) is 21.4. The predicted molar refractivity (Wildman–Crippen MR) is 154 cm³/mol. The number of hydrogen-bond donors (Lipinski definition) is 3. The SMILES string of the molecule is CCn1ncc(CCC(C)C)c1C(=O)CN1c2ccc(CO)cc2[C@]2(O)C[C@@H](CC(=O)Cc3cccc(O)c3)OC12. The Morgan fingerprint density at radius 1 is 1.17 bits per heavy atom. The molecule has 1 fully saturated rings. The van der Waals surface area contributed by atoms with Gasteiger partial charge in [0.15, 0.2) is 12.0 Å². The minimum absolute atomic E-state index is 0.0250. The number of aliphatic hydroxyl groups excluding tert-OH is 1. The zero-order valence-electron chi connectivity index (χ0n) is 23.9. The summed E-state index contributed by atoms with van der Waals surface area (Å²) in [6, 6.07) is 11.9. The topological polar surface area (TPSA) is 125 Å². The van der Waals surface area contributed by atoms with E-state index in [9.17, 15) is 24.9 Å². The van der Waals surface area contributed by atoms with E-state index in [1.807, 2.05) is 13.0 Å². The number of hydrogen-bond acceptors (Lipinski definition) is 8. The van der Waals surface area contributed by atoms with Gasteiger partial charge in [0.05, 0.1) is 25.5 Å². The van der Waals surface area contributed by atoms with Gasteiger partial charge in [-0.2, -0.15) is 5.10 Å². The number of rotatable bonds is 12. The van der Waals surface area contributed by atoms with Gasteiger partial charge in [-0.25, -0.2) is 0 Å². The molecule has 5 rings (SSSR count). The summed E-state index contributed by atoms with van der Waals surface area (Å²) in [4.78, 5) is 28.6. The molecule has 2 aromatic carbocycles. The molecule has 9 heteroatoms. The van der Waals surface area contributed by atoms with Gasteiger partial charge < -0.3 is 25.0 Å². The van der Waals surface area contributed by atoms with E-state index in [1.165, 1.54) is 0 Å². The van der Waals surface area contributed by atoms with Crippen LogP contribution in [0.25, 0.3) is 0 Å². The van der Waals surface area contributed by atoms with Crippen LogP contribution in [0.15, 0.2) is 48.7 Å². The Bertz CT molecular complexity index is 1430. The van der Waals surface area contributed by atoms with Crippen LogP contribution in [-0.2, 0) is 41.1 Å². The van der Waals surface area contributed by atoms with E-state index in [-0.39, 0.29) is 49.7 Å². The molecule has 0 saturated carbocycles. The van der Waals surface area contributed by atoms with Crippen molar-refractivity contribution in [2.24, 2.45) is 5.92 Å². The number of ketones is 2. The first-order valence-corrected chi connectivity index (χ1v) is 14.4. The molecule has 0 aliphatic carbocycles. The molecular formula is C32H39N3O6. The average Bonchev–Trinajstić information content (AvgIpc) is 3.56. The highest BCUT2D eigenvalue weighted by atomic mass is 16.5. The molecule has 0 radical (unpaired) electrons. The van der Waals surface area contributed by atoms with E-state index < -0.39 is 17.9 Å². The van der Waals surface area contributed by atoms with Crippen molar-refractivity contribution >= 4 is 17.3 Å². The molecular weight excluding hydrogens is 522 g/mol. The number of ether oxygens (including phenoxy) is 1. The molecule has 0 bridgehead atoms. The fourth-order valence-corrected chi connectivity index (χ4v) is 6.12. The van der Waals surface area contributed by atoms with Crippen LogP contribution in [0.4, 0.5) is 5.69 Å². The number of phenolic OH excluding ortho intramolecular Hbond substituents is 1. The number of phenols is 1. The number of aromatic nitrogens is 2. The highest BCUT2D eigenvalue weighted by Gasteiger charge is 2.57. The van der Waals surface area contributed by atoms with Gasteiger partial charge in [-0.1, -0.05) is 32.0 Å². The average molecular weight is 562 g/mol. The number of aromatic hydroxyl groups is 1. The summed E-state index contributed by atoms with van der Waals surface area (Å²) in [7, 11) is 0. The number of aliphatic hydroxyl groups is 2. The number of aryl methyl sites for hydroxylation is 2. The van der Waals surface area contributed by atoms with Crippen LogP contribution in [0.1, 0.15) is 72.8 Å². The molecule has 9 nitrogen and oxygen atoms in total. The van der Waals surface area contributed by atoms with Crippen molar-refractivity contribution in [2.45, 2.75) is 84.0 Å². The van der Waals surface area contributed by atoms with E-state index in [4.69, 9.17) is 4.74 Å². The molecule has 218 valence electrons. The first kappa shape index (κ1) is 29.0. The van der Waals surface area contributed by atoms with Crippen molar-refractivity contribution in [3.8, 4) is 5.75 Å². The molecule has 2 aliphatic heterocycles. The summed E-state index contributed by atoms with van der Waals surface area (Å²) >= 11 is 0. The first-order valence-electron chi connectivity index (χ1n) is 14.4. The van der Waals surface area contributed by atoms with Crippen LogP contribution >= 0.6 is 0 Å². The highest BCUT2D eigenvalue weighted by Crippen LogP contribution is 2.52. The second-order valence-electron chi connectivity index (χ2n) is 11.7. The maximum Gasteiger partial charge on any atom is 0.200 e. The molecule has 0 spiro atoms. The molecule has 1 unspecified atom stereocenters. The second kappa shape index (κ2) is 11.8. The molecule has 1 aromatic heterocycles. The van der Waals surface area contributed by atoms with Crippen molar-refractivity contribution in [1.29, 1.82) is 0 Å². The lowest BCUT2D eigenvalue weighted by atomic mass is 9.89. The zero-order valence-corrected chi connectivity index (χ0v) is 23.9. The summed E-state index contributed by atoms with van der Waals surface area (Å²) in [5.41, 5.74) is 2.67. The number of benzene rings is 2. The van der Waals surface area contributed by atoms with E-state index in [2.05, 4.69) is 18.9 Å². The molecule has 1 saturated heterocycles. The molecule has 3 heterocycles. The quantitative estimate of drug-likeness (QED) is 0.285. The van der Waals surface area contributed by atoms with E-state index >= 15 is 0 Å². The van der Waals surface area contributed by atoms with Crippen LogP contribution in [0.2, 0.25) is 0 Å². The fraction of sp³-hybridized carbons (Fsp3) is 0.469. The van der Waals surface area contributed by atoms with Gasteiger partial charge in [-0.05, 0) is 61.1 Å². The second-order valence-corrected chi connectivity index (χ2v) is 11.7. The van der Waals surface area contributed by atoms with Gasteiger partial charge in [0.1, 0.15) is 22.8 Å². The van der Waals surface area contributed by atoms with Crippen LogP contribution in [0.5, 0.6) is 5.75 Å². The number of anilines is 1. The van der Waals surface area contributed by atoms with Crippen molar-refractivity contribution in [3.05, 3.63) is 76.6 Å². The van der Waals surface area contributed by atoms with Gasteiger partial charge in [0.2, 0.25) is 0 Å². The molecule has 3 aromatic rings. The monoisotopic (exact) mass is 561 g/mol. The van der Waals surface area contributed by atoms with Crippen molar-refractivity contribution in [2.75, 3.05) is 11.4 Å². The number of carbonyl (C=O) groups excluding carboxylic acids is 2. The van der Waals surface area contributed by atoms with Gasteiger partial charge in [-0.3, -0.25) is 14.3 Å². The first-order chi connectivity index (χ1) is 19.6. The number of carbonyl (C=O) groups is 2. The van der Waals surface area contributed by atoms with Gasteiger partial charge >= 0.3 is 0 Å². The molecule has 0 amide bonds. The van der Waals surface area contributed by atoms with E-state index in [1.54, 1.807) is 52.2 Å². The Hall–Kier alpha value is -3.53. The lowest BCUT2D eigenvalue weighted by Gasteiger charge is -2.28. The Morgan fingerprint density at radius 3 is 2.68 bits per heavy atom. The van der Waals surface area contributed by atoms with Crippen molar-refractivity contribution in [3.63, 3.8) is 0 Å². The number of nitrogens with zero attached hydrogens (tertiary/aromatic N) is 3. The maximum atomic E-state index is 13.9. The third-order valence-corrected chi connectivity index (χ3v) is 8.12. The Kier molecular flexibility index (Phi) is 8.31. The largest absolute Gasteiger partial charge is 0.508 e. The van der Waals surface area contributed by atoms with Gasteiger partial charge in [-0.15, -0.1) is 0 Å². The zero-order chi connectivity index (χ0) is 29.3. The van der Waals surface area contributed by atoms with Crippen LogP contribution < -0.4 is 4.90 Å². The van der Waals surface area contributed by atoms with Crippen LogP contribution in [0.3, 0.4) is 0 Å². The summed E-state index contributed by atoms with van der Waals surface area (Å²) in [6.07, 6.45) is 2.48. The summed E-state index contributed by atoms with van der Waals surface area (Å²) in [6.45, 7) is 6.60. The summed E-state index contributed by atoms with van der Waals surface area (Å²) < 4.78 is 8.07. The Labute approximate surface area is 240 Å². The number of fused-ring (bicyclic) bond motifs is 3. The minimum Gasteiger partial charge on any atom is -0.508 e. The Morgan fingerprint density at radius 2 is 1.98 bits per heavy atom. The smallest absolute Gasteiger partial charge is 0.200 e. The summed E-state index contributed by atoms with van der Waals surface area (Å²) in [5, 5.41) is 36.0.